The number of nitrogens with one attached hydrogen (secondary N) is 1. The number of rotatable bonds is 10. The van der Waals surface area contributed by atoms with Crippen molar-refractivity contribution >= 4 is 29.9 Å². The first-order chi connectivity index (χ1) is 13.9. The summed E-state index contributed by atoms with van der Waals surface area (Å²) in [7, 11) is 3.41. The Morgan fingerprint density at radius 2 is 1.87 bits per heavy atom. The van der Waals surface area contributed by atoms with Gasteiger partial charge in [-0.2, -0.15) is 13.2 Å². The first-order valence-corrected chi connectivity index (χ1v) is 9.66. The van der Waals surface area contributed by atoms with Crippen LogP contribution in [0.2, 0.25) is 0 Å². The molecule has 0 amide bonds. The summed E-state index contributed by atoms with van der Waals surface area (Å²) in [4.78, 5) is 6.57. The van der Waals surface area contributed by atoms with Gasteiger partial charge in [-0.3, -0.25) is 4.99 Å². The summed E-state index contributed by atoms with van der Waals surface area (Å²) in [5.74, 6) is 1.31. The number of benzene rings is 1. The number of aliphatic imine (C=N–C) groups is 1. The van der Waals surface area contributed by atoms with E-state index in [1.54, 1.807) is 26.3 Å². The van der Waals surface area contributed by atoms with E-state index in [-0.39, 0.29) is 30.6 Å². The van der Waals surface area contributed by atoms with E-state index in [1.165, 1.54) is 0 Å². The van der Waals surface area contributed by atoms with Crippen LogP contribution in [0.1, 0.15) is 17.5 Å². The Morgan fingerprint density at radius 3 is 2.50 bits per heavy atom. The van der Waals surface area contributed by atoms with Gasteiger partial charge in [0.1, 0.15) is 6.61 Å². The van der Waals surface area contributed by atoms with Gasteiger partial charge in [0.2, 0.25) is 0 Å². The molecule has 0 aromatic heterocycles. The van der Waals surface area contributed by atoms with Crippen molar-refractivity contribution in [2.45, 2.75) is 25.7 Å². The second kappa shape index (κ2) is 14.0. The molecular weight excluding hydrogens is 514 g/mol. The molecule has 2 rings (SSSR count). The van der Waals surface area contributed by atoms with Crippen molar-refractivity contribution in [2.75, 3.05) is 53.7 Å². The topological polar surface area (TPSA) is 55.3 Å². The first kappa shape index (κ1) is 26.9. The molecule has 1 saturated heterocycles. The number of methoxy groups -OCH3 is 1. The lowest BCUT2D eigenvalue weighted by molar-refractivity contribution is -0.176. The fourth-order valence-corrected chi connectivity index (χ4v) is 3.10. The number of nitrogens with zero attached hydrogens (tertiary/aromatic N) is 2. The lowest BCUT2D eigenvalue weighted by atomic mass is 10.1. The molecule has 0 bridgehead atoms. The van der Waals surface area contributed by atoms with Crippen LogP contribution >= 0.6 is 24.0 Å². The largest absolute Gasteiger partial charge is 0.411 e. The molecule has 6 nitrogen and oxygen atoms in total. The van der Waals surface area contributed by atoms with Crippen molar-refractivity contribution in [1.29, 1.82) is 0 Å². The van der Waals surface area contributed by atoms with Gasteiger partial charge < -0.3 is 24.4 Å². The summed E-state index contributed by atoms with van der Waals surface area (Å²) >= 11 is 0. The van der Waals surface area contributed by atoms with Gasteiger partial charge in [-0.15, -0.1) is 24.0 Å². The lowest BCUT2D eigenvalue weighted by Crippen LogP contribution is -2.39. The van der Waals surface area contributed by atoms with Gasteiger partial charge in [0.15, 0.2) is 5.96 Å². The second-order valence-electron chi connectivity index (χ2n) is 6.99. The fourth-order valence-electron chi connectivity index (χ4n) is 3.10. The number of ether oxygens (including phenoxy) is 3. The first-order valence-electron chi connectivity index (χ1n) is 9.66. The molecule has 1 aromatic rings. The highest BCUT2D eigenvalue weighted by molar-refractivity contribution is 14.0. The summed E-state index contributed by atoms with van der Waals surface area (Å²) in [6.07, 6.45) is -3.25. The van der Waals surface area contributed by atoms with E-state index in [0.29, 0.717) is 37.8 Å². The van der Waals surface area contributed by atoms with Crippen LogP contribution in [0.25, 0.3) is 0 Å². The molecule has 0 saturated carbocycles. The van der Waals surface area contributed by atoms with E-state index in [2.05, 4.69) is 19.9 Å². The number of hydrogen-bond acceptors (Lipinski definition) is 4. The Morgan fingerprint density at radius 1 is 1.17 bits per heavy atom. The van der Waals surface area contributed by atoms with Crippen LogP contribution < -0.4 is 5.32 Å². The molecule has 0 spiro atoms. The fraction of sp³-hybridized carbons (Fsp3) is 0.650. The van der Waals surface area contributed by atoms with E-state index >= 15 is 0 Å². The Hall–Kier alpha value is -1.11. The van der Waals surface area contributed by atoms with Gasteiger partial charge in [-0.25, -0.2) is 0 Å². The minimum absolute atomic E-state index is 0. The maximum Gasteiger partial charge on any atom is 0.411 e. The molecular formula is C20H31F3IN3O3. The number of likely N-dealkylation sites (tertiary alicyclic amines) is 1. The third-order valence-corrected chi connectivity index (χ3v) is 4.59. The van der Waals surface area contributed by atoms with Crippen molar-refractivity contribution in [3.8, 4) is 0 Å². The quantitative estimate of drug-likeness (QED) is 0.212. The smallest absolute Gasteiger partial charge is 0.382 e. The van der Waals surface area contributed by atoms with Crippen LogP contribution in [0.5, 0.6) is 0 Å². The highest BCUT2D eigenvalue weighted by atomic mass is 127. The molecule has 1 aliphatic heterocycles. The van der Waals surface area contributed by atoms with Crippen LogP contribution in [0.3, 0.4) is 0 Å². The van der Waals surface area contributed by atoms with Crippen LogP contribution in [0, 0.1) is 5.92 Å². The summed E-state index contributed by atoms with van der Waals surface area (Å²) in [6, 6.07) is 7.31. The van der Waals surface area contributed by atoms with Crippen molar-refractivity contribution in [3.63, 3.8) is 0 Å². The van der Waals surface area contributed by atoms with Gasteiger partial charge >= 0.3 is 6.18 Å². The van der Waals surface area contributed by atoms with E-state index in [4.69, 9.17) is 9.47 Å². The summed E-state index contributed by atoms with van der Waals surface area (Å²) in [6.45, 7) is 3.04. The van der Waals surface area contributed by atoms with Crippen LogP contribution in [0.15, 0.2) is 29.3 Å². The number of guanidine groups is 1. The normalized spacial score (nSPS) is 17.2. The molecule has 30 heavy (non-hydrogen) atoms. The monoisotopic (exact) mass is 545 g/mol. The average Bonchev–Trinajstić information content (AvgIpc) is 3.15. The maximum absolute atomic E-state index is 12.1. The zero-order chi connectivity index (χ0) is 21.1. The van der Waals surface area contributed by atoms with Crippen LogP contribution in [-0.4, -0.2) is 70.7 Å². The highest BCUT2D eigenvalue weighted by Gasteiger charge is 2.27. The maximum atomic E-state index is 12.1. The van der Waals surface area contributed by atoms with Crippen LogP contribution in [-0.2, 0) is 27.4 Å². The number of hydrogen-bond donors (Lipinski definition) is 1. The van der Waals surface area contributed by atoms with Gasteiger partial charge in [-0.05, 0) is 17.5 Å². The number of alkyl halides is 3. The Labute approximate surface area is 193 Å². The minimum Gasteiger partial charge on any atom is -0.382 e. The zero-order valence-electron chi connectivity index (χ0n) is 17.4. The second-order valence-corrected chi connectivity index (χ2v) is 6.99. The Kier molecular flexibility index (Phi) is 12.6. The zero-order valence-corrected chi connectivity index (χ0v) is 19.7. The number of halogens is 4. The van der Waals surface area contributed by atoms with Gasteiger partial charge in [-0.1, -0.05) is 24.3 Å². The predicted molar refractivity (Wildman–Crippen MR) is 120 cm³/mol. The standard InChI is InChI=1S/C20H30F3N3O3.HI/c1-24-19(26-8-7-18(12-26)14-28-10-9-27-2)25-11-16-3-5-17(6-4-16)13-29-15-20(21,22)23;/h3-6,18H,7-15H2,1-2H3,(H,24,25);1H. The molecule has 1 unspecified atom stereocenters. The van der Waals surface area contributed by atoms with E-state index in [0.717, 1.165) is 31.0 Å². The van der Waals surface area contributed by atoms with Gasteiger partial charge in [0, 0.05) is 39.7 Å². The molecule has 1 aliphatic rings. The van der Waals surface area contributed by atoms with Gasteiger partial charge in [0.25, 0.3) is 0 Å². The predicted octanol–water partition coefficient (Wildman–Crippen LogP) is 3.44. The molecule has 1 N–H and O–H groups in total. The lowest BCUT2D eigenvalue weighted by Gasteiger charge is -2.22. The molecule has 1 atom stereocenters. The molecule has 1 heterocycles. The summed E-state index contributed by atoms with van der Waals surface area (Å²) in [5, 5.41) is 3.34. The molecule has 0 radical (unpaired) electrons. The Balaban J connectivity index is 0.00000450. The van der Waals surface area contributed by atoms with Crippen molar-refractivity contribution in [3.05, 3.63) is 35.4 Å². The van der Waals surface area contributed by atoms with E-state index in [9.17, 15) is 13.2 Å². The van der Waals surface area contributed by atoms with Gasteiger partial charge in [0.05, 0.1) is 26.4 Å². The average molecular weight is 545 g/mol. The van der Waals surface area contributed by atoms with E-state index in [1.807, 2.05) is 12.1 Å². The molecule has 1 aromatic carbocycles. The molecule has 172 valence electrons. The van der Waals surface area contributed by atoms with Crippen LogP contribution in [0.4, 0.5) is 13.2 Å². The van der Waals surface area contributed by atoms with E-state index < -0.39 is 12.8 Å². The summed E-state index contributed by atoms with van der Waals surface area (Å²) in [5.41, 5.74) is 1.72. The molecule has 1 fully saturated rings. The highest BCUT2D eigenvalue weighted by Crippen LogP contribution is 2.17. The molecule has 0 aliphatic carbocycles. The minimum atomic E-state index is -4.30. The molecule has 10 heteroatoms. The van der Waals surface area contributed by atoms with Crippen molar-refractivity contribution in [1.82, 2.24) is 10.2 Å². The SMILES string of the molecule is CN=C(NCc1ccc(COCC(F)(F)F)cc1)N1CCC(COCCOC)C1.I. The van der Waals surface area contributed by atoms with Crippen molar-refractivity contribution < 1.29 is 27.4 Å². The van der Waals surface area contributed by atoms with Crippen molar-refractivity contribution in [2.24, 2.45) is 10.9 Å². The third-order valence-electron chi connectivity index (χ3n) is 4.59. The third kappa shape index (κ3) is 10.3. The Bertz CT molecular complexity index is 630. The summed E-state index contributed by atoms with van der Waals surface area (Å²) < 4.78 is 51.6.